The molecule has 0 aromatic rings. The van der Waals surface area contributed by atoms with Crippen LogP contribution in [0.5, 0.6) is 0 Å². The lowest BCUT2D eigenvalue weighted by Crippen LogP contribution is -2.25. The molecule has 3 unspecified atom stereocenters. The molecule has 3 heteroatoms. The van der Waals surface area contributed by atoms with E-state index in [4.69, 9.17) is 0 Å². The number of rotatable bonds is 1. The molecule has 0 amide bonds. The average Bonchev–Trinajstić information content (AvgIpc) is 2.77. The highest BCUT2D eigenvalue weighted by atomic mass is 16.5. The molecule has 1 saturated carbocycles. The number of nitrogens with one attached hydrogen (secondary N) is 1. The monoisotopic (exact) mass is 155 g/mol. The van der Waals surface area contributed by atoms with E-state index in [0.717, 1.165) is 6.54 Å². The van der Waals surface area contributed by atoms with E-state index in [1.807, 2.05) is 0 Å². The maximum atomic E-state index is 11.1. The van der Waals surface area contributed by atoms with Crippen LogP contribution in [-0.2, 0) is 9.53 Å². The van der Waals surface area contributed by atoms with Crippen LogP contribution in [0, 0.1) is 11.8 Å². The molecule has 11 heavy (non-hydrogen) atoms. The van der Waals surface area contributed by atoms with E-state index < -0.39 is 0 Å². The Morgan fingerprint density at radius 2 is 2.45 bits per heavy atom. The first-order valence-electron chi connectivity index (χ1n) is 4.16. The Kier molecular flexibility index (Phi) is 1.60. The largest absolute Gasteiger partial charge is 0.469 e. The molecule has 2 fully saturated rings. The van der Waals surface area contributed by atoms with Crippen LogP contribution in [-0.4, -0.2) is 25.7 Å². The molecule has 3 nitrogen and oxygen atoms in total. The van der Waals surface area contributed by atoms with E-state index in [2.05, 4.69) is 10.1 Å². The molecule has 0 bridgehead atoms. The Morgan fingerprint density at radius 3 is 3.00 bits per heavy atom. The molecule has 1 saturated heterocycles. The van der Waals surface area contributed by atoms with Gasteiger partial charge in [0.15, 0.2) is 0 Å². The fourth-order valence-electron chi connectivity index (χ4n) is 2.08. The van der Waals surface area contributed by atoms with Crippen molar-refractivity contribution in [1.29, 1.82) is 0 Å². The predicted octanol–water partition coefficient (Wildman–Crippen LogP) is 0.157. The first-order chi connectivity index (χ1) is 5.34. The number of carbonyl (C=O) groups excluding carboxylic acids is 1. The number of piperidine rings is 1. The molecule has 2 aliphatic rings. The minimum atomic E-state index is -0.0330. The normalized spacial score (nSPS) is 41.0. The van der Waals surface area contributed by atoms with E-state index in [9.17, 15) is 4.79 Å². The highest BCUT2D eigenvalue weighted by Crippen LogP contribution is 2.45. The van der Waals surface area contributed by atoms with E-state index in [1.54, 1.807) is 0 Å². The van der Waals surface area contributed by atoms with Gasteiger partial charge in [0.2, 0.25) is 0 Å². The van der Waals surface area contributed by atoms with Crippen molar-refractivity contribution in [1.82, 2.24) is 5.32 Å². The van der Waals surface area contributed by atoms with Crippen LogP contribution in [0.2, 0.25) is 0 Å². The SMILES string of the molecule is COC(=O)C1C2CCCNC21. The summed E-state index contributed by atoms with van der Waals surface area (Å²) >= 11 is 0. The van der Waals surface area contributed by atoms with Gasteiger partial charge in [0, 0.05) is 6.04 Å². The molecule has 1 aliphatic heterocycles. The summed E-state index contributed by atoms with van der Waals surface area (Å²) in [5, 5.41) is 3.32. The molecule has 0 aromatic carbocycles. The first-order valence-corrected chi connectivity index (χ1v) is 4.16. The van der Waals surface area contributed by atoms with Gasteiger partial charge in [0.1, 0.15) is 0 Å². The van der Waals surface area contributed by atoms with Crippen molar-refractivity contribution in [3.8, 4) is 0 Å². The zero-order valence-electron chi connectivity index (χ0n) is 6.67. The van der Waals surface area contributed by atoms with Crippen molar-refractivity contribution in [3.63, 3.8) is 0 Å². The summed E-state index contributed by atoms with van der Waals surface area (Å²) in [5.74, 6) is 0.716. The Balaban J connectivity index is 1.94. The quantitative estimate of drug-likeness (QED) is 0.548. The van der Waals surface area contributed by atoms with Crippen LogP contribution < -0.4 is 5.32 Å². The van der Waals surface area contributed by atoms with E-state index in [0.29, 0.717) is 12.0 Å². The van der Waals surface area contributed by atoms with Gasteiger partial charge in [-0.3, -0.25) is 4.79 Å². The lowest BCUT2D eigenvalue weighted by molar-refractivity contribution is -0.142. The highest BCUT2D eigenvalue weighted by molar-refractivity contribution is 5.77. The van der Waals surface area contributed by atoms with Crippen LogP contribution >= 0.6 is 0 Å². The number of carbonyl (C=O) groups is 1. The zero-order chi connectivity index (χ0) is 7.84. The van der Waals surface area contributed by atoms with Crippen molar-refractivity contribution in [2.45, 2.75) is 18.9 Å². The van der Waals surface area contributed by atoms with Gasteiger partial charge >= 0.3 is 5.97 Å². The van der Waals surface area contributed by atoms with Crippen LogP contribution in [0.25, 0.3) is 0 Å². The maximum Gasteiger partial charge on any atom is 0.310 e. The third-order valence-electron chi connectivity index (χ3n) is 2.74. The number of ether oxygens (including phenoxy) is 1. The minimum Gasteiger partial charge on any atom is -0.469 e. The van der Waals surface area contributed by atoms with Gasteiger partial charge in [-0.25, -0.2) is 0 Å². The Bertz CT molecular complexity index is 169. The minimum absolute atomic E-state index is 0.0330. The predicted molar refractivity (Wildman–Crippen MR) is 40.0 cm³/mol. The van der Waals surface area contributed by atoms with Gasteiger partial charge in [0.25, 0.3) is 0 Å². The van der Waals surface area contributed by atoms with Gasteiger partial charge in [0.05, 0.1) is 13.0 Å². The molecule has 0 spiro atoms. The Morgan fingerprint density at radius 1 is 1.64 bits per heavy atom. The standard InChI is InChI=1S/C8H13NO2/c1-11-8(10)6-5-3-2-4-9-7(5)6/h5-7,9H,2-4H2,1H3. The second kappa shape index (κ2) is 2.48. The first kappa shape index (κ1) is 7.10. The molecule has 1 heterocycles. The lowest BCUT2D eigenvalue weighted by Gasteiger charge is -2.07. The van der Waals surface area contributed by atoms with Crippen LogP contribution in [0.15, 0.2) is 0 Å². The van der Waals surface area contributed by atoms with Crippen molar-refractivity contribution in [3.05, 3.63) is 0 Å². The molecule has 0 aromatic heterocycles. The van der Waals surface area contributed by atoms with Gasteiger partial charge in [-0.1, -0.05) is 0 Å². The summed E-state index contributed by atoms with van der Waals surface area (Å²) in [6, 6.07) is 0.441. The summed E-state index contributed by atoms with van der Waals surface area (Å²) in [5.41, 5.74) is 0. The molecule has 0 radical (unpaired) electrons. The van der Waals surface area contributed by atoms with E-state index >= 15 is 0 Å². The fourth-order valence-corrected chi connectivity index (χ4v) is 2.08. The Labute approximate surface area is 66.1 Å². The van der Waals surface area contributed by atoms with Gasteiger partial charge in [-0.05, 0) is 25.3 Å². The fraction of sp³-hybridized carbons (Fsp3) is 0.875. The smallest absolute Gasteiger partial charge is 0.310 e. The Hall–Kier alpha value is -0.570. The average molecular weight is 155 g/mol. The summed E-state index contributed by atoms with van der Waals surface area (Å²) in [4.78, 5) is 11.1. The number of methoxy groups -OCH3 is 1. The second-order valence-electron chi connectivity index (χ2n) is 3.33. The molecular weight excluding hydrogens is 142 g/mol. The van der Waals surface area contributed by atoms with Crippen LogP contribution in [0.4, 0.5) is 0 Å². The van der Waals surface area contributed by atoms with Crippen molar-refractivity contribution in [2.75, 3.05) is 13.7 Å². The number of esters is 1. The van der Waals surface area contributed by atoms with Crippen LogP contribution in [0.1, 0.15) is 12.8 Å². The molecule has 1 aliphatic carbocycles. The van der Waals surface area contributed by atoms with Crippen LogP contribution in [0.3, 0.4) is 0 Å². The summed E-state index contributed by atoms with van der Waals surface area (Å²) in [7, 11) is 1.46. The summed E-state index contributed by atoms with van der Waals surface area (Å²) < 4.78 is 4.69. The molecule has 2 rings (SSSR count). The van der Waals surface area contributed by atoms with Gasteiger partial charge in [-0.15, -0.1) is 0 Å². The molecule has 1 N–H and O–H groups in total. The highest BCUT2D eigenvalue weighted by Gasteiger charge is 2.55. The molecule has 62 valence electrons. The number of hydrogen-bond donors (Lipinski definition) is 1. The topological polar surface area (TPSA) is 38.3 Å². The zero-order valence-corrected chi connectivity index (χ0v) is 6.67. The number of hydrogen-bond acceptors (Lipinski definition) is 3. The molecular formula is C8H13NO2. The third kappa shape index (κ3) is 1.03. The third-order valence-corrected chi connectivity index (χ3v) is 2.74. The second-order valence-corrected chi connectivity index (χ2v) is 3.33. The maximum absolute atomic E-state index is 11.1. The summed E-state index contributed by atoms with van der Waals surface area (Å²) in [6.07, 6.45) is 2.39. The van der Waals surface area contributed by atoms with Gasteiger partial charge < -0.3 is 10.1 Å². The van der Waals surface area contributed by atoms with Crippen molar-refractivity contribution >= 4 is 5.97 Å². The molecule has 3 atom stereocenters. The van der Waals surface area contributed by atoms with Gasteiger partial charge in [-0.2, -0.15) is 0 Å². The summed E-state index contributed by atoms with van der Waals surface area (Å²) in [6.45, 7) is 1.06. The van der Waals surface area contributed by atoms with E-state index in [-0.39, 0.29) is 11.9 Å². The number of fused-ring (bicyclic) bond motifs is 1. The lowest BCUT2D eigenvalue weighted by atomic mass is 10.1. The van der Waals surface area contributed by atoms with Crippen molar-refractivity contribution < 1.29 is 9.53 Å². The van der Waals surface area contributed by atoms with E-state index in [1.165, 1.54) is 20.0 Å². The van der Waals surface area contributed by atoms with Crippen molar-refractivity contribution in [2.24, 2.45) is 11.8 Å².